The standard InChI is InChI=1S/C19H22FNO4S/c20-17-8-6-16(7-9-17)14-26(22,23)21-18-13-24-11-10-19(18)25-12-15-4-2-1-3-5-15/h1-9,18-19,21H,10-14H2/t18-,19+/m1/s1. The highest BCUT2D eigenvalue weighted by Crippen LogP contribution is 2.16. The number of ether oxygens (including phenoxy) is 2. The quantitative estimate of drug-likeness (QED) is 0.803. The third kappa shape index (κ3) is 5.60. The molecule has 1 aliphatic heterocycles. The summed E-state index contributed by atoms with van der Waals surface area (Å²) in [4.78, 5) is 0. The second-order valence-electron chi connectivity index (χ2n) is 6.31. The van der Waals surface area contributed by atoms with Crippen LogP contribution in [0.5, 0.6) is 0 Å². The molecule has 0 amide bonds. The van der Waals surface area contributed by atoms with Crippen LogP contribution in [-0.4, -0.2) is 33.8 Å². The second kappa shape index (κ2) is 8.73. The van der Waals surface area contributed by atoms with E-state index in [1.165, 1.54) is 24.3 Å². The Hall–Kier alpha value is -1.80. The van der Waals surface area contributed by atoms with E-state index in [4.69, 9.17) is 9.47 Å². The summed E-state index contributed by atoms with van der Waals surface area (Å²) in [5.74, 6) is -0.607. The molecule has 0 spiro atoms. The fourth-order valence-corrected chi connectivity index (χ4v) is 4.27. The molecule has 0 radical (unpaired) electrons. The SMILES string of the molecule is O=S(=O)(Cc1ccc(F)cc1)N[C@@H]1COCC[C@@H]1OCc1ccccc1. The van der Waals surface area contributed by atoms with E-state index in [-0.39, 0.29) is 18.5 Å². The molecule has 1 saturated heterocycles. The van der Waals surface area contributed by atoms with E-state index in [0.717, 1.165) is 5.56 Å². The van der Waals surface area contributed by atoms with Crippen molar-refractivity contribution < 1.29 is 22.3 Å². The molecule has 140 valence electrons. The van der Waals surface area contributed by atoms with Crippen molar-refractivity contribution in [1.82, 2.24) is 4.72 Å². The Kier molecular flexibility index (Phi) is 6.37. The fourth-order valence-electron chi connectivity index (χ4n) is 2.88. The predicted molar refractivity (Wildman–Crippen MR) is 96.4 cm³/mol. The van der Waals surface area contributed by atoms with Crippen LogP contribution in [0.15, 0.2) is 54.6 Å². The van der Waals surface area contributed by atoms with Crippen molar-refractivity contribution in [2.75, 3.05) is 13.2 Å². The molecule has 2 atom stereocenters. The Labute approximate surface area is 153 Å². The Morgan fingerprint density at radius 2 is 1.81 bits per heavy atom. The van der Waals surface area contributed by atoms with E-state index in [0.29, 0.717) is 25.2 Å². The highest BCUT2D eigenvalue weighted by atomic mass is 32.2. The van der Waals surface area contributed by atoms with Gasteiger partial charge >= 0.3 is 0 Å². The summed E-state index contributed by atoms with van der Waals surface area (Å²) in [5, 5.41) is 0. The number of hydrogen-bond acceptors (Lipinski definition) is 4. The number of rotatable bonds is 7. The molecule has 1 N–H and O–H groups in total. The van der Waals surface area contributed by atoms with Gasteiger partial charge in [-0.05, 0) is 29.7 Å². The average Bonchev–Trinajstić information content (AvgIpc) is 2.63. The van der Waals surface area contributed by atoms with Crippen molar-refractivity contribution in [2.24, 2.45) is 0 Å². The van der Waals surface area contributed by atoms with Gasteiger partial charge in [0, 0.05) is 6.61 Å². The molecule has 26 heavy (non-hydrogen) atoms. The summed E-state index contributed by atoms with van der Waals surface area (Å²) in [6.45, 7) is 1.22. The molecule has 1 heterocycles. The lowest BCUT2D eigenvalue weighted by Gasteiger charge is -2.32. The first-order valence-corrected chi connectivity index (χ1v) is 10.1. The number of benzene rings is 2. The first-order valence-electron chi connectivity index (χ1n) is 8.49. The molecule has 5 nitrogen and oxygen atoms in total. The predicted octanol–water partition coefficient (Wildman–Crippen LogP) is 2.62. The van der Waals surface area contributed by atoms with Crippen molar-refractivity contribution in [1.29, 1.82) is 0 Å². The van der Waals surface area contributed by atoms with E-state index in [1.54, 1.807) is 0 Å². The fraction of sp³-hybridized carbons (Fsp3) is 0.368. The van der Waals surface area contributed by atoms with Crippen LogP contribution in [0.1, 0.15) is 17.5 Å². The van der Waals surface area contributed by atoms with E-state index in [1.807, 2.05) is 30.3 Å². The maximum Gasteiger partial charge on any atom is 0.216 e. The van der Waals surface area contributed by atoms with Crippen LogP contribution in [0.25, 0.3) is 0 Å². The van der Waals surface area contributed by atoms with Crippen molar-refractivity contribution in [3.05, 3.63) is 71.5 Å². The minimum absolute atomic E-state index is 0.213. The number of nitrogens with one attached hydrogen (secondary N) is 1. The van der Waals surface area contributed by atoms with Gasteiger partial charge in [-0.3, -0.25) is 0 Å². The third-order valence-corrected chi connectivity index (χ3v) is 5.58. The van der Waals surface area contributed by atoms with Gasteiger partial charge in [-0.1, -0.05) is 42.5 Å². The second-order valence-corrected chi connectivity index (χ2v) is 8.06. The minimum atomic E-state index is -3.60. The van der Waals surface area contributed by atoms with E-state index >= 15 is 0 Å². The van der Waals surface area contributed by atoms with Gasteiger partial charge in [0.15, 0.2) is 0 Å². The van der Waals surface area contributed by atoms with Gasteiger partial charge in [-0.25, -0.2) is 17.5 Å². The van der Waals surface area contributed by atoms with Crippen LogP contribution in [0.4, 0.5) is 4.39 Å². The molecular formula is C19H22FNO4S. The first-order chi connectivity index (χ1) is 12.5. The number of halogens is 1. The lowest BCUT2D eigenvalue weighted by Crippen LogP contribution is -2.50. The smallest absolute Gasteiger partial charge is 0.216 e. The first kappa shape index (κ1) is 19.0. The molecule has 0 bridgehead atoms. The normalized spacial score (nSPS) is 20.8. The molecule has 0 saturated carbocycles. The van der Waals surface area contributed by atoms with Crippen LogP contribution in [0.3, 0.4) is 0 Å². The van der Waals surface area contributed by atoms with Gasteiger partial charge in [0.25, 0.3) is 0 Å². The molecule has 1 fully saturated rings. The largest absolute Gasteiger partial charge is 0.380 e. The van der Waals surface area contributed by atoms with Gasteiger partial charge in [0.05, 0.1) is 31.1 Å². The van der Waals surface area contributed by atoms with Gasteiger partial charge in [-0.2, -0.15) is 0 Å². The van der Waals surface area contributed by atoms with Crippen molar-refractivity contribution in [3.8, 4) is 0 Å². The lowest BCUT2D eigenvalue weighted by atomic mass is 10.1. The summed E-state index contributed by atoms with van der Waals surface area (Å²) in [7, 11) is -3.60. The van der Waals surface area contributed by atoms with Crippen molar-refractivity contribution in [3.63, 3.8) is 0 Å². The summed E-state index contributed by atoms with van der Waals surface area (Å²) in [6.07, 6.45) is 0.364. The number of sulfonamides is 1. The maximum atomic E-state index is 13.0. The molecular weight excluding hydrogens is 357 g/mol. The Balaban J connectivity index is 1.60. The number of hydrogen-bond donors (Lipinski definition) is 1. The topological polar surface area (TPSA) is 64.6 Å². The lowest BCUT2D eigenvalue weighted by molar-refractivity contribution is -0.0572. The Morgan fingerprint density at radius 1 is 1.08 bits per heavy atom. The molecule has 2 aromatic carbocycles. The Morgan fingerprint density at radius 3 is 2.54 bits per heavy atom. The molecule has 3 rings (SSSR count). The molecule has 1 aliphatic rings. The van der Waals surface area contributed by atoms with E-state index in [9.17, 15) is 12.8 Å². The zero-order valence-electron chi connectivity index (χ0n) is 14.3. The van der Waals surface area contributed by atoms with Gasteiger partial charge in [0.1, 0.15) is 5.82 Å². The minimum Gasteiger partial charge on any atom is -0.380 e. The molecule has 7 heteroatoms. The summed E-state index contributed by atoms with van der Waals surface area (Å²) in [6, 6.07) is 14.7. The highest BCUT2D eigenvalue weighted by molar-refractivity contribution is 7.88. The summed E-state index contributed by atoms with van der Waals surface area (Å²) >= 11 is 0. The average molecular weight is 379 g/mol. The molecule has 0 aliphatic carbocycles. The highest BCUT2D eigenvalue weighted by Gasteiger charge is 2.30. The van der Waals surface area contributed by atoms with E-state index in [2.05, 4.69) is 4.72 Å². The van der Waals surface area contributed by atoms with Crippen LogP contribution in [-0.2, 0) is 31.9 Å². The maximum absolute atomic E-state index is 13.0. The van der Waals surface area contributed by atoms with Crippen LogP contribution >= 0.6 is 0 Å². The van der Waals surface area contributed by atoms with Crippen molar-refractivity contribution in [2.45, 2.75) is 30.9 Å². The van der Waals surface area contributed by atoms with Gasteiger partial charge in [-0.15, -0.1) is 0 Å². The van der Waals surface area contributed by atoms with E-state index < -0.39 is 21.9 Å². The van der Waals surface area contributed by atoms with Crippen LogP contribution in [0.2, 0.25) is 0 Å². The molecule has 0 unspecified atom stereocenters. The zero-order chi connectivity index (χ0) is 18.4. The van der Waals surface area contributed by atoms with Gasteiger partial charge < -0.3 is 9.47 Å². The molecule has 0 aromatic heterocycles. The Bertz CT molecular complexity index is 796. The summed E-state index contributed by atoms with van der Waals surface area (Å²) < 4.78 is 51.9. The van der Waals surface area contributed by atoms with Crippen molar-refractivity contribution >= 4 is 10.0 Å². The van der Waals surface area contributed by atoms with Crippen LogP contribution in [0, 0.1) is 5.82 Å². The van der Waals surface area contributed by atoms with Crippen LogP contribution < -0.4 is 4.72 Å². The zero-order valence-corrected chi connectivity index (χ0v) is 15.1. The monoisotopic (exact) mass is 379 g/mol. The third-order valence-electron chi connectivity index (χ3n) is 4.20. The van der Waals surface area contributed by atoms with Gasteiger partial charge in [0.2, 0.25) is 10.0 Å². The summed E-state index contributed by atoms with van der Waals surface area (Å²) in [5.41, 5.74) is 1.56. The molecule has 2 aromatic rings.